The second-order valence-electron chi connectivity index (χ2n) is 2.98. The number of anilines is 1. The molecule has 0 spiro atoms. The summed E-state index contributed by atoms with van der Waals surface area (Å²) in [6, 6.07) is 3.75. The van der Waals surface area contributed by atoms with Gasteiger partial charge in [-0.1, -0.05) is 0 Å². The molecule has 0 saturated heterocycles. The fourth-order valence-corrected chi connectivity index (χ4v) is 2.55. The van der Waals surface area contributed by atoms with Crippen LogP contribution in [0.3, 0.4) is 0 Å². The minimum absolute atomic E-state index is 0.412. The summed E-state index contributed by atoms with van der Waals surface area (Å²) in [7, 11) is 0. The van der Waals surface area contributed by atoms with Crippen LogP contribution in [0, 0.1) is 0 Å². The third kappa shape index (κ3) is 2.37. The lowest BCUT2D eigenvalue weighted by Crippen LogP contribution is -2.27. The lowest BCUT2D eigenvalue weighted by Gasteiger charge is -2.16. The molecular weight excluding hydrogens is 230 g/mol. The van der Waals surface area contributed by atoms with Crippen molar-refractivity contribution in [2.75, 3.05) is 4.90 Å². The van der Waals surface area contributed by atoms with Gasteiger partial charge in [0.25, 0.3) is 0 Å². The first-order chi connectivity index (χ1) is 7.27. The fourth-order valence-electron chi connectivity index (χ4n) is 1.25. The van der Waals surface area contributed by atoms with E-state index in [9.17, 15) is 4.79 Å². The summed E-state index contributed by atoms with van der Waals surface area (Å²) in [5, 5.41) is 16.7. The number of rotatable bonds is 3. The third-order valence-electron chi connectivity index (χ3n) is 1.97. The summed E-state index contributed by atoms with van der Waals surface area (Å²) in [6.07, 6.45) is -0.917. The monoisotopic (exact) mass is 239 g/mol. The van der Waals surface area contributed by atoms with E-state index in [-0.39, 0.29) is 0 Å². The van der Waals surface area contributed by atoms with Gasteiger partial charge in [-0.15, -0.1) is 0 Å². The summed E-state index contributed by atoms with van der Waals surface area (Å²) < 4.78 is 0. The van der Waals surface area contributed by atoms with Crippen LogP contribution in [0.25, 0.3) is 0 Å². The van der Waals surface area contributed by atoms with Crippen LogP contribution in [0.5, 0.6) is 0 Å². The summed E-state index contributed by atoms with van der Waals surface area (Å²) in [6.45, 7) is 0.412. The maximum atomic E-state index is 11.1. The van der Waals surface area contributed by atoms with Gasteiger partial charge >= 0.3 is 6.09 Å². The zero-order chi connectivity index (χ0) is 10.7. The van der Waals surface area contributed by atoms with E-state index < -0.39 is 6.09 Å². The van der Waals surface area contributed by atoms with Crippen molar-refractivity contribution < 1.29 is 9.90 Å². The molecule has 78 valence electrons. The lowest BCUT2D eigenvalue weighted by molar-refractivity contribution is 0.201. The Kier molecular flexibility index (Phi) is 3.03. The molecule has 0 radical (unpaired) electrons. The van der Waals surface area contributed by atoms with E-state index in [4.69, 9.17) is 5.11 Å². The highest BCUT2D eigenvalue weighted by Crippen LogP contribution is 2.21. The molecule has 0 aliphatic rings. The van der Waals surface area contributed by atoms with Crippen molar-refractivity contribution in [1.29, 1.82) is 0 Å². The molecule has 2 heterocycles. The largest absolute Gasteiger partial charge is 0.465 e. The highest BCUT2D eigenvalue weighted by molar-refractivity contribution is 7.08. The summed E-state index contributed by atoms with van der Waals surface area (Å²) in [4.78, 5) is 12.4. The number of carboxylic acid groups (broad SMARTS) is 1. The highest BCUT2D eigenvalue weighted by Gasteiger charge is 2.14. The van der Waals surface area contributed by atoms with Gasteiger partial charge in [0.15, 0.2) is 0 Å². The van der Waals surface area contributed by atoms with Crippen LogP contribution in [0.15, 0.2) is 33.7 Å². The minimum Gasteiger partial charge on any atom is -0.465 e. The molecule has 0 fully saturated rings. The minimum atomic E-state index is -0.917. The highest BCUT2D eigenvalue weighted by atomic mass is 32.1. The molecule has 3 nitrogen and oxygen atoms in total. The summed E-state index contributed by atoms with van der Waals surface area (Å²) in [5.74, 6) is 0. The third-order valence-corrected chi connectivity index (χ3v) is 3.37. The van der Waals surface area contributed by atoms with Gasteiger partial charge < -0.3 is 5.11 Å². The first-order valence-electron chi connectivity index (χ1n) is 4.31. The zero-order valence-electron chi connectivity index (χ0n) is 7.79. The molecule has 2 aromatic rings. The number of hydrogen-bond acceptors (Lipinski definition) is 3. The first-order valence-corrected chi connectivity index (χ1v) is 6.19. The quantitative estimate of drug-likeness (QED) is 0.890. The second kappa shape index (κ2) is 4.46. The summed E-state index contributed by atoms with van der Waals surface area (Å²) in [5.41, 5.74) is 1.76. The molecule has 2 rings (SSSR count). The second-order valence-corrected chi connectivity index (χ2v) is 4.54. The standard InChI is InChI=1S/C10H9NO2S2/c12-10(13)11(9-2-4-15-7-9)5-8-1-3-14-6-8/h1-4,6-7H,5H2,(H,12,13). The normalized spacial score (nSPS) is 10.1. The zero-order valence-corrected chi connectivity index (χ0v) is 9.42. The average Bonchev–Trinajstić information content (AvgIpc) is 2.87. The van der Waals surface area contributed by atoms with E-state index in [1.54, 1.807) is 11.3 Å². The van der Waals surface area contributed by atoms with Crippen LogP contribution >= 0.6 is 22.7 Å². The predicted molar refractivity (Wildman–Crippen MR) is 62.8 cm³/mol. The van der Waals surface area contributed by atoms with Crippen molar-refractivity contribution in [2.24, 2.45) is 0 Å². The van der Waals surface area contributed by atoms with Crippen molar-refractivity contribution in [3.8, 4) is 0 Å². The molecule has 0 aliphatic carbocycles. The van der Waals surface area contributed by atoms with E-state index in [1.807, 2.05) is 33.7 Å². The van der Waals surface area contributed by atoms with Crippen LogP contribution in [0.1, 0.15) is 5.56 Å². The smallest absolute Gasteiger partial charge is 0.412 e. The van der Waals surface area contributed by atoms with Gasteiger partial charge in [0, 0.05) is 5.38 Å². The number of carbonyl (C=O) groups is 1. The SMILES string of the molecule is O=C(O)N(Cc1ccsc1)c1ccsc1. The van der Waals surface area contributed by atoms with Crippen molar-refractivity contribution in [3.63, 3.8) is 0 Å². The van der Waals surface area contributed by atoms with Gasteiger partial charge in [-0.05, 0) is 33.8 Å². The Morgan fingerprint density at radius 2 is 2.00 bits per heavy atom. The first kappa shape index (κ1) is 10.2. The Labute approximate surface area is 95.2 Å². The molecular formula is C10H9NO2S2. The van der Waals surface area contributed by atoms with E-state index in [0.29, 0.717) is 6.54 Å². The van der Waals surface area contributed by atoms with Gasteiger partial charge in [0.05, 0.1) is 12.2 Å². The molecule has 0 unspecified atom stereocenters. The Bertz CT molecular complexity index is 422. The molecule has 0 aliphatic heterocycles. The van der Waals surface area contributed by atoms with E-state index in [2.05, 4.69) is 0 Å². The van der Waals surface area contributed by atoms with Crippen LogP contribution < -0.4 is 4.90 Å². The lowest BCUT2D eigenvalue weighted by atomic mass is 10.3. The van der Waals surface area contributed by atoms with Crippen molar-refractivity contribution in [2.45, 2.75) is 6.54 Å². The van der Waals surface area contributed by atoms with Gasteiger partial charge in [-0.25, -0.2) is 4.79 Å². The maximum absolute atomic E-state index is 11.1. The number of hydrogen-bond donors (Lipinski definition) is 1. The Balaban J connectivity index is 2.18. The van der Waals surface area contributed by atoms with Gasteiger partial charge in [0.1, 0.15) is 0 Å². The molecule has 0 bridgehead atoms. The topological polar surface area (TPSA) is 40.5 Å². The van der Waals surface area contributed by atoms with Gasteiger partial charge in [-0.3, -0.25) is 4.90 Å². The van der Waals surface area contributed by atoms with Crippen molar-refractivity contribution in [1.82, 2.24) is 0 Å². The summed E-state index contributed by atoms with van der Waals surface area (Å²) >= 11 is 3.07. The Morgan fingerprint density at radius 3 is 2.53 bits per heavy atom. The van der Waals surface area contributed by atoms with E-state index >= 15 is 0 Å². The molecule has 0 aromatic carbocycles. The van der Waals surface area contributed by atoms with Gasteiger partial charge in [0.2, 0.25) is 0 Å². The van der Waals surface area contributed by atoms with Crippen LogP contribution in [-0.2, 0) is 6.54 Å². The molecule has 1 N–H and O–H groups in total. The number of nitrogens with zero attached hydrogens (tertiary/aromatic N) is 1. The van der Waals surface area contributed by atoms with Crippen LogP contribution in [0.2, 0.25) is 0 Å². The number of thiophene rings is 2. The molecule has 0 saturated carbocycles. The molecule has 5 heteroatoms. The van der Waals surface area contributed by atoms with Crippen molar-refractivity contribution >= 4 is 34.5 Å². The van der Waals surface area contributed by atoms with Gasteiger partial charge in [-0.2, -0.15) is 22.7 Å². The Hall–Kier alpha value is -1.33. The predicted octanol–water partition coefficient (Wildman–Crippen LogP) is 3.49. The fraction of sp³-hybridized carbons (Fsp3) is 0.100. The molecule has 1 amide bonds. The van der Waals surface area contributed by atoms with Crippen molar-refractivity contribution in [3.05, 3.63) is 39.2 Å². The van der Waals surface area contributed by atoms with E-state index in [0.717, 1.165) is 11.3 Å². The molecule has 15 heavy (non-hydrogen) atoms. The molecule has 2 aromatic heterocycles. The maximum Gasteiger partial charge on any atom is 0.412 e. The van der Waals surface area contributed by atoms with Crippen LogP contribution in [0.4, 0.5) is 10.5 Å². The Morgan fingerprint density at radius 1 is 1.27 bits per heavy atom. The average molecular weight is 239 g/mol. The number of amides is 1. The van der Waals surface area contributed by atoms with Crippen LogP contribution in [-0.4, -0.2) is 11.2 Å². The molecule has 0 atom stereocenters. The van der Waals surface area contributed by atoms with E-state index in [1.165, 1.54) is 16.2 Å².